The molecule has 1 atom stereocenters. The van der Waals surface area contributed by atoms with Crippen LogP contribution in [0.2, 0.25) is 10.2 Å². The van der Waals surface area contributed by atoms with E-state index in [1.54, 1.807) is 13.0 Å². The van der Waals surface area contributed by atoms with Crippen LogP contribution in [0.15, 0.2) is 36.5 Å². The van der Waals surface area contributed by atoms with Crippen LogP contribution in [0.1, 0.15) is 28.5 Å². The minimum Gasteiger partial charge on any atom is -0.480 e. The van der Waals surface area contributed by atoms with E-state index in [-0.39, 0.29) is 32.8 Å². The number of benzene rings is 1. The smallest absolute Gasteiger partial charge is 0.425 e. The van der Waals surface area contributed by atoms with Gasteiger partial charge in [-0.25, -0.2) is 14.4 Å². The number of nitrogens with one attached hydrogen (secondary N) is 1. The maximum atomic E-state index is 15.0. The lowest BCUT2D eigenvalue weighted by Crippen LogP contribution is -2.32. The first-order valence-electron chi connectivity index (χ1n) is 9.68. The van der Waals surface area contributed by atoms with Crippen molar-refractivity contribution in [3.05, 3.63) is 69.3 Å². The first-order chi connectivity index (χ1) is 15.9. The monoisotopic (exact) mass is 517 g/mol. The lowest BCUT2D eigenvalue weighted by atomic mass is 10.0. The number of nitrogens with zero attached hydrogens (tertiary/aromatic N) is 2. The van der Waals surface area contributed by atoms with Crippen molar-refractivity contribution in [2.45, 2.75) is 32.7 Å². The minimum atomic E-state index is -4.76. The summed E-state index contributed by atoms with van der Waals surface area (Å²) in [6.45, 7) is 1.83. The normalized spacial score (nSPS) is 12.4. The van der Waals surface area contributed by atoms with Gasteiger partial charge in [0.2, 0.25) is 0 Å². The fourth-order valence-electron chi connectivity index (χ4n) is 2.88. The van der Waals surface area contributed by atoms with Crippen molar-refractivity contribution in [1.82, 2.24) is 9.97 Å². The van der Waals surface area contributed by atoms with Crippen molar-refractivity contribution in [1.29, 1.82) is 0 Å². The number of aliphatic hydroxyl groups excluding tert-OH is 1. The molecule has 0 fully saturated rings. The van der Waals surface area contributed by atoms with Crippen LogP contribution < -0.4 is 10.1 Å². The molecule has 0 aliphatic rings. The quantitative estimate of drug-likeness (QED) is 0.310. The third-order valence-corrected chi connectivity index (χ3v) is 5.41. The van der Waals surface area contributed by atoms with E-state index >= 15 is 4.39 Å². The molecule has 0 aliphatic heterocycles. The van der Waals surface area contributed by atoms with Crippen LogP contribution in [0.5, 0.6) is 5.75 Å². The SMILES string of the molecule is Cc1ccnc(Cl)c1NC(=O)c1cc(F)c(-c2ccc(Cl)c(CO)n2)cc1O[C@@H](C)C(F)(F)F. The third kappa shape index (κ3) is 5.57. The summed E-state index contributed by atoms with van der Waals surface area (Å²) in [6.07, 6.45) is -5.66. The van der Waals surface area contributed by atoms with Crippen LogP contribution in [0, 0.1) is 12.7 Å². The van der Waals surface area contributed by atoms with Crippen LogP contribution >= 0.6 is 23.2 Å². The van der Waals surface area contributed by atoms with Crippen molar-refractivity contribution < 1.29 is 32.2 Å². The average molecular weight is 518 g/mol. The number of carbonyl (C=O) groups is 1. The van der Waals surface area contributed by atoms with Crippen molar-refractivity contribution in [2.75, 3.05) is 5.32 Å². The molecule has 0 aliphatic carbocycles. The second-order valence-corrected chi connectivity index (χ2v) is 7.93. The van der Waals surface area contributed by atoms with Crippen molar-refractivity contribution in [2.24, 2.45) is 0 Å². The molecule has 3 rings (SSSR count). The van der Waals surface area contributed by atoms with E-state index in [9.17, 15) is 23.1 Å². The first kappa shape index (κ1) is 25.7. The van der Waals surface area contributed by atoms with E-state index < -0.39 is 41.9 Å². The van der Waals surface area contributed by atoms with Gasteiger partial charge >= 0.3 is 6.18 Å². The maximum absolute atomic E-state index is 15.0. The Balaban J connectivity index is 2.11. The van der Waals surface area contributed by atoms with Gasteiger partial charge in [0.15, 0.2) is 11.3 Å². The molecule has 0 spiro atoms. The maximum Gasteiger partial charge on any atom is 0.425 e. The predicted molar refractivity (Wildman–Crippen MR) is 119 cm³/mol. The highest BCUT2D eigenvalue weighted by atomic mass is 35.5. The van der Waals surface area contributed by atoms with Gasteiger partial charge in [0.1, 0.15) is 11.6 Å². The van der Waals surface area contributed by atoms with E-state index in [2.05, 4.69) is 15.3 Å². The van der Waals surface area contributed by atoms with E-state index in [1.165, 1.54) is 18.3 Å². The van der Waals surface area contributed by atoms with Gasteiger partial charge in [-0.15, -0.1) is 0 Å². The Morgan fingerprint density at radius 1 is 1.24 bits per heavy atom. The Bertz CT molecular complexity index is 1220. The number of carbonyl (C=O) groups excluding carboxylic acids is 1. The Hall–Kier alpha value is -2.95. The number of halogens is 6. The molecule has 0 unspecified atom stereocenters. The zero-order chi connectivity index (χ0) is 25.2. The standard InChI is InChI=1S/C22H17Cl2F4N3O3/c1-10-5-6-29-20(24)19(10)31-21(33)13-7-15(25)12(8-18(13)34-11(2)22(26,27)28)16-4-3-14(23)17(9-32)30-16/h3-8,11,32H,9H2,1-2H3,(H,31,33)/t11-/m0/s1. The summed E-state index contributed by atoms with van der Waals surface area (Å²) in [4.78, 5) is 20.8. The van der Waals surface area contributed by atoms with Gasteiger partial charge in [0.05, 0.1) is 34.3 Å². The van der Waals surface area contributed by atoms with Crippen molar-refractivity contribution in [3.8, 4) is 17.0 Å². The van der Waals surface area contributed by atoms with Gasteiger partial charge in [0, 0.05) is 11.8 Å². The number of alkyl halides is 3. The molecular formula is C22H17Cl2F4N3O3. The Labute approximate surface area is 201 Å². The number of ether oxygens (including phenoxy) is 1. The molecule has 2 aromatic heterocycles. The molecule has 3 aromatic rings. The Morgan fingerprint density at radius 3 is 2.56 bits per heavy atom. The van der Waals surface area contributed by atoms with Crippen LogP contribution in [-0.4, -0.2) is 33.3 Å². The van der Waals surface area contributed by atoms with E-state index in [4.69, 9.17) is 27.9 Å². The molecule has 2 heterocycles. The van der Waals surface area contributed by atoms with Crippen molar-refractivity contribution >= 4 is 34.8 Å². The highest BCUT2D eigenvalue weighted by molar-refractivity contribution is 6.33. The Morgan fingerprint density at radius 2 is 1.94 bits per heavy atom. The van der Waals surface area contributed by atoms with Crippen molar-refractivity contribution in [3.63, 3.8) is 0 Å². The number of hydrogen-bond acceptors (Lipinski definition) is 5. The molecular weight excluding hydrogens is 501 g/mol. The van der Waals surface area contributed by atoms with E-state index in [0.717, 1.165) is 19.1 Å². The lowest BCUT2D eigenvalue weighted by Gasteiger charge is -2.21. The van der Waals surface area contributed by atoms with Gasteiger partial charge < -0.3 is 15.2 Å². The number of amides is 1. The molecule has 6 nitrogen and oxygen atoms in total. The average Bonchev–Trinajstić information content (AvgIpc) is 2.77. The fourth-order valence-corrected chi connectivity index (χ4v) is 3.30. The highest BCUT2D eigenvalue weighted by Crippen LogP contribution is 2.34. The topological polar surface area (TPSA) is 84.3 Å². The summed E-state index contributed by atoms with van der Waals surface area (Å²) in [6, 6.07) is 5.88. The summed E-state index contributed by atoms with van der Waals surface area (Å²) in [5.41, 5.74) is -0.128. The minimum absolute atomic E-state index is 0.0337. The molecule has 2 N–H and O–H groups in total. The fraction of sp³-hybridized carbons (Fsp3) is 0.227. The predicted octanol–water partition coefficient (Wildman–Crippen LogP) is 5.97. The number of aryl methyl sites for hydroxylation is 1. The van der Waals surface area contributed by atoms with Gasteiger partial charge in [-0.2, -0.15) is 13.2 Å². The second-order valence-electron chi connectivity index (χ2n) is 7.16. The number of anilines is 1. The summed E-state index contributed by atoms with van der Waals surface area (Å²) in [5, 5.41) is 11.9. The summed E-state index contributed by atoms with van der Waals surface area (Å²) in [5.74, 6) is -2.48. The molecule has 34 heavy (non-hydrogen) atoms. The summed E-state index contributed by atoms with van der Waals surface area (Å²) >= 11 is 11.9. The molecule has 1 amide bonds. The largest absolute Gasteiger partial charge is 0.480 e. The van der Waals surface area contributed by atoms with E-state index in [1.807, 2.05) is 0 Å². The first-order valence-corrected chi connectivity index (χ1v) is 10.4. The number of hydrogen-bond donors (Lipinski definition) is 2. The molecule has 180 valence electrons. The van der Waals surface area contributed by atoms with Gasteiger partial charge in [0.25, 0.3) is 5.91 Å². The summed E-state index contributed by atoms with van der Waals surface area (Å²) < 4.78 is 59.6. The molecule has 0 radical (unpaired) electrons. The molecule has 0 bridgehead atoms. The number of rotatable bonds is 6. The van der Waals surface area contributed by atoms with Gasteiger partial charge in [-0.3, -0.25) is 4.79 Å². The lowest BCUT2D eigenvalue weighted by molar-refractivity contribution is -0.189. The number of pyridine rings is 2. The van der Waals surface area contributed by atoms with Crippen LogP contribution in [0.3, 0.4) is 0 Å². The van der Waals surface area contributed by atoms with Crippen LogP contribution in [0.4, 0.5) is 23.2 Å². The molecule has 1 aromatic carbocycles. The second kappa shape index (κ2) is 10.1. The molecule has 0 saturated heterocycles. The molecule has 12 heteroatoms. The zero-order valence-corrected chi connectivity index (χ0v) is 19.2. The summed E-state index contributed by atoms with van der Waals surface area (Å²) in [7, 11) is 0. The highest BCUT2D eigenvalue weighted by Gasteiger charge is 2.39. The van der Waals surface area contributed by atoms with E-state index in [0.29, 0.717) is 5.56 Å². The van der Waals surface area contributed by atoms with Crippen LogP contribution in [-0.2, 0) is 6.61 Å². The third-order valence-electron chi connectivity index (χ3n) is 4.77. The zero-order valence-electron chi connectivity index (χ0n) is 17.7. The van der Waals surface area contributed by atoms with Gasteiger partial charge in [-0.05, 0) is 49.7 Å². The van der Waals surface area contributed by atoms with Crippen LogP contribution in [0.25, 0.3) is 11.3 Å². The molecule has 0 saturated carbocycles. The van der Waals surface area contributed by atoms with Gasteiger partial charge in [-0.1, -0.05) is 23.2 Å². The Kier molecular flexibility index (Phi) is 7.64. The number of aliphatic hydroxyl groups is 1. The number of aromatic nitrogens is 2.